The number of alkyl halides is 3. The predicted octanol–water partition coefficient (Wildman–Crippen LogP) is 2.23. The van der Waals surface area contributed by atoms with Crippen LogP contribution in [0.4, 0.5) is 13.2 Å². The Hall–Kier alpha value is -2.89. The number of carbonyl (C=O) groups excluding carboxylic acids is 1. The molecule has 0 unspecified atom stereocenters. The lowest BCUT2D eigenvalue weighted by atomic mass is 10.3. The van der Waals surface area contributed by atoms with Crippen molar-refractivity contribution in [1.29, 1.82) is 0 Å². The lowest BCUT2D eigenvalue weighted by Crippen LogP contribution is -2.23. The Balaban J connectivity index is 1.73. The molecule has 0 aliphatic rings. The zero-order chi connectivity index (χ0) is 18.7. The van der Waals surface area contributed by atoms with Gasteiger partial charge in [0.1, 0.15) is 10.7 Å². The zero-order valence-corrected chi connectivity index (χ0v) is 14.1. The summed E-state index contributed by atoms with van der Waals surface area (Å²) in [5.74, 6) is -1.44. The second-order valence-corrected chi connectivity index (χ2v) is 6.01. The topological polar surface area (TPSA) is 109 Å². The summed E-state index contributed by atoms with van der Waals surface area (Å²) in [6.45, 7) is 1.62. The SMILES string of the molecule is CCc1nc(-c2ncccn2)sc1C(=O)NCc1nc(C(F)(F)F)n[nH]1. The molecule has 0 fully saturated rings. The van der Waals surface area contributed by atoms with Crippen LogP contribution in [0.25, 0.3) is 10.8 Å². The van der Waals surface area contributed by atoms with E-state index in [0.29, 0.717) is 27.8 Å². The number of amides is 1. The molecule has 3 aromatic heterocycles. The highest BCUT2D eigenvalue weighted by atomic mass is 32.1. The number of H-pyrrole nitrogens is 1. The minimum Gasteiger partial charge on any atom is -0.344 e. The highest BCUT2D eigenvalue weighted by molar-refractivity contribution is 7.17. The normalized spacial score (nSPS) is 11.5. The fraction of sp³-hybridized carbons (Fsp3) is 0.286. The van der Waals surface area contributed by atoms with Crippen LogP contribution in [0.1, 0.15) is 33.9 Å². The quantitative estimate of drug-likeness (QED) is 0.699. The molecule has 1 amide bonds. The van der Waals surface area contributed by atoms with Crippen LogP contribution in [0.15, 0.2) is 18.5 Å². The standard InChI is InChI=1S/C14H12F3N7OS/c1-2-7-9(26-12(21-7)10-18-4-3-5-19-10)11(25)20-6-8-22-13(24-23-8)14(15,16)17/h3-5H,2,6H2,1H3,(H,20,25)(H,22,23,24). The van der Waals surface area contributed by atoms with Gasteiger partial charge in [-0.25, -0.2) is 19.9 Å². The summed E-state index contributed by atoms with van der Waals surface area (Å²) in [4.78, 5) is 28.6. The molecule has 0 spiro atoms. The van der Waals surface area contributed by atoms with Crippen LogP contribution >= 0.6 is 11.3 Å². The molecule has 0 radical (unpaired) electrons. The third kappa shape index (κ3) is 3.85. The minimum atomic E-state index is -4.64. The van der Waals surface area contributed by atoms with Crippen molar-refractivity contribution in [3.63, 3.8) is 0 Å². The first kappa shape index (κ1) is 17.9. The molecule has 26 heavy (non-hydrogen) atoms. The molecule has 8 nitrogen and oxygen atoms in total. The molecular formula is C14H12F3N7OS. The van der Waals surface area contributed by atoms with Gasteiger partial charge in [0.2, 0.25) is 0 Å². The monoisotopic (exact) mass is 383 g/mol. The average Bonchev–Trinajstić information content (AvgIpc) is 3.27. The smallest absolute Gasteiger partial charge is 0.344 e. The number of halogens is 3. The second-order valence-electron chi connectivity index (χ2n) is 5.01. The molecule has 0 aliphatic carbocycles. The number of aryl methyl sites for hydroxylation is 1. The minimum absolute atomic E-state index is 0.0974. The van der Waals surface area contributed by atoms with Gasteiger partial charge in [0, 0.05) is 12.4 Å². The van der Waals surface area contributed by atoms with Crippen molar-refractivity contribution in [2.45, 2.75) is 26.1 Å². The highest BCUT2D eigenvalue weighted by Gasteiger charge is 2.36. The Morgan fingerprint density at radius 3 is 2.62 bits per heavy atom. The van der Waals surface area contributed by atoms with Crippen LogP contribution in [-0.2, 0) is 19.1 Å². The van der Waals surface area contributed by atoms with Crippen LogP contribution in [0.5, 0.6) is 0 Å². The molecule has 0 aliphatic heterocycles. The Bertz CT molecular complexity index is 907. The Labute approximate surface area is 148 Å². The van der Waals surface area contributed by atoms with Crippen molar-refractivity contribution in [3.05, 3.63) is 40.7 Å². The first-order chi connectivity index (χ1) is 12.4. The van der Waals surface area contributed by atoms with E-state index in [1.807, 2.05) is 6.92 Å². The molecule has 136 valence electrons. The molecule has 2 N–H and O–H groups in total. The van der Waals surface area contributed by atoms with Crippen LogP contribution in [0, 0.1) is 0 Å². The fourth-order valence-electron chi connectivity index (χ4n) is 2.02. The van der Waals surface area contributed by atoms with E-state index in [1.165, 1.54) is 0 Å². The second kappa shape index (κ2) is 7.15. The van der Waals surface area contributed by atoms with Gasteiger partial charge in [0.15, 0.2) is 10.8 Å². The van der Waals surface area contributed by atoms with Crippen molar-refractivity contribution in [2.75, 3.05) is 0 Å². The van der Waals surface area contributed by atoms with Gasteiger partial charge in [-0.3, -0.25) is 9.89 Å². The third-order valence-corrected chi connectivity index (χ3v) is 4.29. The summed E-state index contributed by atoms with van der Waals surface area (Å²) in [5, 5.41) is 8.23. The summed E-state index contributed by atoms with van der Waals surface area (Å²) in [7, 11) is 0. The van der Waals surface area contributed by atoms with Crippen molar-refractivity contribution >= 4 is 17.2 Å². The van der Waals surface area contributed by atoms with E-state index in [1.54, 1.807) is 18.5 Å². The molecule has 3 heterocycles. The predicted molar refractivity (Wildman–Crippen MR) is 85.1 cm³/mol. The van der Waals surface area contributed by atoms with Gasteiger partial charge >= 0.3 is 6.18 Å². The number of hydrogen-bond acceptors (Lipinski definition) is 7. The summed E-state index contributed by atoms with van der Waals surface area (Å²) in [5.41, 5.74) is 0.559. The third-order valence-electron chi connectivity index (χ3n) is 3.20. The maximum atomic E-state index is 12.5. The number of nitrogens with zero attached hydrogens (tertiary/aromatic N) is 5. The van der Waals surface area contributed by atoms with E-state index < -0.39 is 17.9 Å². The number of aromatic nitrogens is 6. The first-order valence-corrected chi connectivity index (χ1v) is 8.24. The molecule has 0 saturated heterocycles. The van der Waals surface area contributed by atoms with Gasteiger partial charge in [-0.1, -0.05) is 6.92 Å². The summed E-state index contributed by atoms with van der Waals surface area (Å²) < 4.78 is 37.4. The first-order valence-electron chi connectivity index (χ1n) is 7.42. The molecule has 0 saturated carbocycles. The van der Waals surface area contributed by atoms with E-state index in [4.69, 9.17) is 0 Å². The molecule has 0 aromatic carbocycles. The summed E-state index contributed by atoms with van der Waals surface area (Å²) in [6.07, 6.45) is -1.00. The number of aromatic amines is 1. The van der Waals surface area contributed by atoms with E-state index >= 15 is 0 Å². The maximum absolute atomic E-state index is 12.5. The van der Waals surface area contributed by atoms with E-state index in [0.717, 1.165) is 11.3 Å². The van der Waals surface area contributed by atoms with Gasteiger partial charge in [-0.15, -0.1) is 16.4 Å². The maximum Gasteiger partial charge on any atom is 0.453 e. The number of thiazole rings is 1. The largest absolute Gasteiger partial charge is 0.453 e. The Kier molecular flexibility index (Phi) is 4.93. The number of nitrogens with one attached hydrogen (secondary N) is 2. The zero-order valence-electron chi connectivity index (χ0n) is 13.3. The molecule has 0 bridgehead atoms. The van der Waals surface area contributed by atoms with E-state index in [2.05, 4.69) is 35.5 Å². The fourth-order valence-corrected chi connectivity index (χ4v) is 3.04. The van der Waals surface area contributed by atoms with E-state index in [9.17, 15) is 18.0 Å². The van der Waals surface area contributed by atoms with Gasteiger partial charge in [-0.2, -0.15) is 13.2 Å². The van der Waals surface area contributed by atoms with Crippen molar-refractivity contribution in [3.8, 4) is 10.8 Å². The van der Waals surface area contributed by atoms with Crippen LogP contribution in [0.2, 0.25) is 0 Å². The molecule has 3 aromatic rings. The Morgan fingerprint density at radius 1 is 1.27 bits per heavy atom. The van der Waals surface area contributed by atoms with Crippen molar-refractivity contribution in [1.82, 2.24) is 35.5 Å². The summed E-state index contributed by atoms with van der Waals surface area (Å²) >= 11 is 1.12. The van der Waals surface area contributed by atoms with Gasteiger partial charge in [-0.05, 0) is 12.5 Å². The number of carbonyl (C=O) groups is 1. The number of rotatable bonds is 5. The van der Waals surface area contributed by atoms with E-state index in [-0.39, 0.29) is 12.4 Å². The lowest BCUT2D eigenvalue weighted by Gasteiger charge is -2.02. The Morgan fingerprint density at radius 2 is 2.00 bits per heavy atom. The van der Waals surface area contributed by atoms with Gasteiger partial charge in [0.05, 0.1) is 12.2 Å². The van der Waals surface area contributed by atoms with Crippen LogP contribution in [0.3, 0.4) is 0 Å². The van der Waals surface area contributed by atoms with Gasteiger partial charge < -0.3 is 5.32 Å². The van der Waals surface area contributed by atoms with Crippen LogP contribution in [-0.4, -0.2) is 36.0 Å². The molecule has 3 rings (SSSR count). The molecular weight excluding hydrogens is 371 g/mol. The van der Waals surface area contributed by atoms with Crippen molar-refractivity contribution in [2.24, 2.45) is 0 Å². The lowest BCUT2D eigenvalue weighted by molar-refractivity contribution is -0.144. The van der Waals surface area contributed by atoms with Crippen LogP contribution < -0.4 is 5.32 Å². The average molecular weight is 383 g/mol. The molecule has 12 heteroatoms. The summed E-state index contributed by atoms with van der Waals surface area (Å²) in [6, 6.07) is 1.66. The molecule has 0 atom stereocenters. The number of hydrogen-bond donors (Lipinski definition) is 2. The van der Waals surface area contributed by atoms with Crippen molar-refractivity contribution < 1.29 is 18.0 Å². The highest BCUT2D eigenvalue weighted by Crippen LogP contribution is 2.27. The van der Waals surface area contributed by atoms with Gasteiger partial charge in [0.25, 0.3) is 11.7 Å².